The summed E-state index contributed by atoms with van der Waals surface area (Å²) >= 11 is 0. The lowest BCUT2D eigenvalue weighted by Gasteiger charge is -2.47. The van der Waals surface area contributed by atoms with Crippen LogP contribution >= 0.6 is 0 Å². The lowest BCUT2D eigenvalue weighted by atomic mass is 9.58. The van der Waals surface area contributed by atoms with E-state index in [-0.39, 0.29) is 11.5 Å². The van der Waals surface area contributed by atoms with Gasteiger partial charge in [-0.2, -0.15) is 0 Å². The molecule has 150 valence electrons. The molecule has 0 amide bonds. The third-order valence-corrected chi connectivity index (χ3v) is 7.22. The summed E-state index contributed by atoms with van der Waals surface area (Å²) in [5.41, 5.74) is 1.55. The average molecular weight is 394 g/mol. The van der Waals surface area contributed by atoms with Gasteiger partial charge in [0.15, 0.2) is 11.6 Å². The Morgan fingerprint density at radius 1 is 1.24 bits per heavy atom. The second kappa shape index (κ2) is 6.90. The number of fused-ring (bicyclic) bond motifs is 4. The Hall–Kier alpha value is -2.83. The SMILES string of the molecule is C[C@H]1C2CCC(CC2)[C@@H]1Cc1nc(-c2c[nH]c3c([N+](=O)[O-])cccc23)ncc1F. The Kier molecular flexibility index (Phi) is 4.33. The van der Waals surface area contributed by atoms with Crippen LogP contribution in [-0.2, 0) is 6.42 Å². The monoisotopic (exact) mass is 394 g/mol. The van der Waals surface area contributed by atoms with E-state index in [0.29, 0.717) is 52.2 Å². The van der Waals surface area contributed by atoms with Crippen molar-refractivity contribution in [2.45, 2.75) is 39.0 Å². The molecule has 2 heterocycles. The Morgan fingerprint density at radius 2 is 2.00 bits per heavy atom. The number of nitro groups is 1. The second-order valence-electron chi connectivity index (χ2n) is 8.55. The van der Waals surface area contributed by atoms with Gasteiger partial charge in [-0.05, 0) is 55.8 Å². The summed E-state index contributed by atoms with van der Waals surface area (Å²) in [7, 11) is 0. The number of benzene rings is 1. The van der Waals surface area contributed by atoms with Gasteiger partial charge in [0.2, 0.25) is 0 Å². The second-order valence-corrected chi connectivity index (χ2v) is 8.55. The highest BCUT2D eigenvalue weighted by Gasteiger charge is 2.41. The maximum Gasteiger partial charge on any atom is 0.293 e. The first-order chi connectivity index (χ1) is 14.0. The maximum atomic E-state index is 14.6. The van der Waals surface area contributed by atoms with E-state index in [1.165, 1.54) is 37.9 Å². The highest BCUT2D eigenvalue weighted by molar-refractivity contribution is 5.98. The number of hydrogen-bond acceptors (Lipinski definition) is 4. The van der Waals surface area contributed by atoms with Crippen LogP contribution in [0.25, 0.3) is 22.3 Å². The largest absolute Gasteiger partial charge is 0.355 e. The van der Waals surface area contributed by atoms with Crippen molar-refractivity contribution in [1.29, 1.82) is 0 Å². The molecule has 3 aliphatic rings. The first-order valence-electron chi connectivity index (χ1n) is 10.3. The third-order valence-electron chi connectivity index (χ3n) is 7.22. The predicted octanol–water partition coefficient (Wildman–Crippen LogP) is 5.29. The van der Waals surface area contributed by atoms with Crippen molar-refractivity contribution in [2.24, 2.45) is 23.7 Å². The molecule has 0 radical (unpaired) electrons. The van der Waals surface area contributed by atoms with Gasteiger partial charge in [-0.1, -0.05) is 19.1 Å². The van der Waals surface area contributed by atoms with E-state index in [1.54, 1.807) is 18.3 Å². The fraction of sp³-hybridized carbons (Fsp3) is 0.455. The van der Waals surface area contributed by atoms with Gasteiger partial charge < -0.3 is 4.98 Å². The Labute approximate surface area is 167 Å². The molecule has 2 aromatic heterocycles. The molecule has 0 spiro atoms. The number of halogens is 1. The molecule has 7 heteroatoms. The zero-order valence-electron chi connectivity index (χ0n) is 16.3. The summed E-state index contributed by atoms with van der Waals surface area (Å²) in [5, 5.41) is 11.9. The molecule has 6 rings (SSSR count). The predicted molar refractivity (Wildman–Crippen MR) is 108 cm³/mol. The van der Waals surface area contributed by atoms with Crippen molar-refractivity contribution in [3.63, 3.8) is 0 Å². The van der Waals surface area contributed by atoms with Gasteiger partial charge in [-0.3, -0.25) is 10.1 Å². The van der Waals surface area contributed by atoms with E-state index in [1.807, 2.05) is 0 Å². The Balaban J connectivity index is 1.51. The summed E-state index contributed by atoms with van der Waals surface area (Å²) in [6.07, 6.45) is 8.62. The molecule has 3 aromatic rings. The molecule has 2 atom stereocenters. The zero-order chi connectivity index (χ0) is 20.1. The highest BCUT2D eigenvalue weighted by atomic mass is 19.1. The number of nitrogens with zero attached hydrogens (tertiary/aromatic N) is 3. The van der Waals surface area contributed by atoms with Gasteiger partial charge in [0.1, 0.15) is 5.52 Å². The summed E-state index contributed by atoms with van der Waals surface area (Å²) in [6.45, 7) is 2.31. The minimum absolute atomic E-state index is 0.00291. The van der Waals surface area contributed by atoms with E-state index in [4.69, 9.17) is 0 Å². The summed E-state index contributed by atoms with van der Waals surface area (Å²) in [5.74, 6) is 2.50. The number of aromatic nitrogens is 3. The molecule has 1 aromatic carbocycles. The van der Waals surface area contributed by atoms with Gasteiger partial charge in [0.25, 0.3) is 5.69 Å². The van der Waals surface area contributed by atoms with Crippen LogP contribution in [0.3, 0.4) is 0 Å². The Morgan fingerprint density at radius 3 is 2.72 bits per heavy atom. The molecular weight excluding hydrogens is 371 g/mol. The number of aromatic amines is 1. The van der Waals surface area contributed by atoms with Crippen LogP contribution in [0.5, 0.6) is 0 Å². The number of H-pyrrole nitrogens is 1. The van der Waals surface area contributed by atoms with Crippen molar-refractivity contribution >= 4 is 16.6 Å². The summed E-state index contributed by atoms with van der Waals surface area (Å²) in [6, 6.07) is 4.89. The minimum atomic E-state index is -0.418. The molecular formula is C22H23FN4O2. The molecule has 3 fully saturated rings. The van der Waals surface area contributed by atoms with Crippen LogP contribution in [0.4, 0.5) is 10.1 Å². The van der Waals surface area contributed by atoms with Gasteiger partial charge in [-0.25, -0.2) is 14.4 Å². The quantitative estimate of drug-likeness (QED) is 0.481. The van der Waals surface area contributed by atoms with Crippen molar-refractivity contribution < 1.29 is 9.31 Å². The van der Waals surface area contributed by atoms with Crippen molar-refractivity contribution in [3.8, 4) is 11.4 Å². The summed E-state index contributed by atoms with van der Waals surface area (Å²) < 4.78 is 14.6. The number of non-ortho nitro benzene ring substituents is 1. The first-order valence-corrected chi connectivity index (χ1v) is 10.3. The lowest BCUT2D eigenvalue weighted by molar-refractivity contribution is -0.383. The van der Waals surface area contributed by atoms with Crippen LogP contribution in [0, 0.1) is 39.6 Å². The van der Waals surface area contributed by atoms with Crippen LogP contribution in [0.1, 0.15) is 38.3 Å². The highest BCUT2D eigenvalue weighted by Crippen LogP contribution is 2.49. The molecule has 0 aliphatic heterocycles. The smallest absolute Gasteiger partial charge is 0.293 e. The van der Waals surface area contributed by atoms with Crippen LogP contribution in [0.2, 0.25) is 0 Å². The van der Waals surface area contributed by atoms with E-state index >= 15 is 0 Å². The van der Waals surface area contributed by atoms with Crippen molar-refractivity contribution in [2.75, 3.05) is 0 Å². The van der Waals surface area contributed by atoms with Crippen LogP contribution in [-0.4, -0.2) is 19.9 Å². The van der Waals surface area contributed by atoms with E-state index in [9.17, 15) is 14.5 Å². The zero-order valence-corrected chi connectivity index (χ0v) is 16.3. The van der Waals surface area contributed by atoms with Gasteiger partial charge in [0, 0.05) is 23.2 Å². The van der Waals surface area contributed by atoms with Crippen LogP contribution in [0.15, 0.2) is 30.6 Å². The number of nitro benzene ring substituents is 1. The number of nitrogens with one attached hydrogen (secondary N) is 1. The molecule has 0 saturated heterocycles. The molecule has 0 unspecified atom stereocenters. The molecule has 1 N–H and O–H groups in total. The topological polar surface area (TPSA) is 84.7 Å². The number of para-hydroxylation sites is 1. The van der Waals surface area contributed by atoms with Crippen molar-refractivity contribution in [1.82, 2.24) is 15.0 Å². The van der Waals surface area contributed by atoms with E-state index in [0.717, 1.165) is 5.92 Å². The molecule has 3 aliphatic carbocycles. The summed E-state index contributed by atoms with van der Waals surface area (Å²) in [4.78, 5) is 22.6. The fourth-order valence-corrected chi connectivity index (χ4v) is 5.60. The number of rotatable bonds is 4. The third kappa shape index (κ3) is 2.99. The lowest BCUT2D eigenvalue weighted by Crippen LogP contribution is -2.39. The maximum absolute atomic E-state index is 14.6. The molecule has 6 nitrogen and oxygen atoms in total. The molecule has 3 saturated carbocycles. The number of hydrogen-bond donors (Lipinski definition) is 1. The van der Waals surface area contributed by atoms with Gasteiger partial charge >= 0.3 is 0 Å². The molecule has 29 heavy (non-hydrogen) atoms. The Bertz CT molecular complexity index is 1090. The van der Waals surface area contributed by atoms with Gasteiger partial charge in [-0.15, -0.1) is 0 Å². The van der Waals surface area contributed by atoms with Crippen LogP contribution < -0.4 is 0 Å². The standard InChI is InChI=1S/C22H23FN4O2/c1-12-13-5-7-14(8-6-13)16(12)9-19-18(23)11-25-22(26-19)17-10-24-21-15(17)3-2-4-20(21)27(28)29/h2-4,10-14,16,24H,5-9H2,1H3/t12-,13?,14?,16+/m0/s1. The molecule has 2 bridgehead atoms. The van der Waals surface area contributed by atoms with E-state index in [2.05, 4.69) is 21.9 Å². The fourth-order valence-electron chi connectivity index (χ4n) is 5.60. The van der Waals surface area contributed by atoms with Gasteiger partial charge in [0.05, 0.1) is 16.8 Å². The first kappa shape index (κ1) is 18.2. The van der Waals surface area contributed by atoms with Crippen molar-refractivity contribution in [3.05, 3.63) is 52.2 Å². The average Bonchev–Trinajstić information content (AvgIpc) is 3.16. The van der Waals surface area contributed by atoms with E-state index < -0.39 is 4.92 Å². The normalized spacial score (nSPS) is 26.1. The minimum Gasteiger partial charge on any atom is -0.355 e.